The number of nitrogens with one attached hydrogen (secondary N) is 1. The molecule has 1 amide bonds. The maximum atomic E-state index is 12.0. The van der Waals surface area contributed by atoms with Gasteiger partial charge in [-0.1, -0.05) is 0 Å². The molecular weight excluding hydrogens is 264 g/mol. The van der Waals surface area contributed by atoms with Gasteiger partial charge >= 0.3 is 0 Å². The van der Waals surface area contributed by atoms with Gasteiger partial charge < -0.3 is 15.0 Å². The fraction of sp³-hybridized carbons (Fsp3) is 0.750. The molecule has 7 heteroatoms. The number of amides is 1. The van der Waals surface area contributed by atoms with Gasteiger partial charge in [0.1, 0.15) is 6.10 Å². The summed E-state index contributed by atoms with van der Waals surface area (Å²) in [5, 5.41) is 3.10. The van der Waals surface area contributed by atoms with Gasteiger partial charge in [0.05, 0.1) is 17.9 Å². The topological polar surface area (TPSA) is 67.4 Å². The number of aromatic nitrogens is 2. The molecule has 1 aromatic rings. The van der Waals surface area contributed by atoms with Crippen LogP contribution in [0, 0.1) is 0 Å². The minimum atomic E-state index is -0.222. The van der Waals surface area contributed by atoms with Crippen molar-refractivity contribution in [3.63, 3.8) is 0 Å². The summed E-state index contributed by atoms with van der Waals surface area (Å²) in [6.07, 6.45) is 5.34. The standard InChI is InChI=1S/C12H18N4O2S/c17-12(10-2-1-7-18-10)14-9-3-5-16(6-4-9)11-8-13-19-15-11/h8-10H,1-7H2,(H,14,17). The smallest absolute Gasteiger partial charge is 0.249 e. The summed E-state index contributed by atoms with van der Waals surface area (Å²) in [6.45, 7) is 2.55. The van der Waals surface area contributed by atoms with Crippen molar-refractivity contribution in [3.05, 3.63) is 6.20 Å². The lowest BCUT2D eigenvalue weighted by molar-refractivity contribution is -0.130. The van der Waals surface area contributed by atoms with Gasteiger partial charge in [-0.2, -0.15) is 8.75 Å². The van der Waals surface area contributed by atoms with Crippen LogP contribution in [-0.2, 0) is 9.53 Å². The molecule has 0 aromatic carbocycles. The molecule has 2 fully saturated rings. The molecule has 104 valence electrons. The summed E-state index contributed by atoms with van der Waals surface area (Å²) in [4.78, 5) is 14.2. The van der Waals surface area contributed by atoms with Gasteiger partial charge in [0, 0.05) is 25.7 Å². The van der Waals surface area contributed by atoms with Crippen LogP contribution in [0.4, 0.5) is 5.82 Å². The van der Waals surface area contributed by atoms with Crippen molar-refractivity contribution in [2.75, 3.05) is 24.6 Å². The first kappa shape index (κ1) is 12.8. The molecule has 1 N–H and O–H groups in total. The first-order valence-electron chi connectivity index (χ1n) is 6.77. The minimum Gasteiger partial charge on any atom is -0.368 e. The Labute approximate surface area is 116 Å². The Morgan fingerprint density at radius 1 is 1.42 bits per heavy atom. The molecule has 19 heavy (non-hydrogen) atoms. The number of rotatable bonds is 3. The molecule has 6 nitrogen and oxygen atoms in total. The first-order valence-corrected chi connectivity index (χ1v) is 7.50. The number of ether oxygens (including phenoxy) is 1. The minimum absolute atomic E-state index is 0.0614. The zero-order chi connectivity index (χ0) is 13.1. The number of anilines is 1. The second-order valence-corrected chi connectivity index (χ2v) is 5.59. The molecule has 2 aliphatic heterocycles. The monoisotopic (exact) mass is 282 g/mol. The average Bonchev–Trinajstić information content (AvgIpc) is 3.13. The lowest BCUT2D eigenvalue weighted by Gasteiger charge is -2.32. The highest BCUT2D eigenvalue weighted by atomic mass is 32.1. The van der Waals surface area contributed by atoms with Crippen LogP contribution in [0.5, 0.6) is 0 Å². The summed E-state index contributed by atoms with van der Waals surface area (Å²) < 4.78 is 13.7. The van der Waals surface area contributed by atoms with E-state index in [0.717, 1.165) is 44.6 Å². The van der Waals surface area contributed by atoms with E-state index in [-0.39, 0.29) is 18.1 Å². The van der Waals surface area contributed by atoms with E-state index in [2.05, 4.69) is 19.0 Å². The highest BCUT2D eigenvalue weighted by Crippen LogP contribution is 2.19. The zero-order valence-electron chi connectivity index (χ0n) is 10.7. The Kier molecular flexibility index (Phi) is 3.93. The summed E-state index contributed by atoms with van der Waals surface area (Å²) in [5.41, 5.74) is 0. The molecule has 0 radical (unpaired) electrons. The largest absolute Gasteiger partial charge is 0.368 e. The van der Waals surface area contributed by atoms with Crippen LogP contribution in [0.1, 0.15) is 25.7 Å². The van der Waals surface area contributed by atoms with Crippen LogP contribution < -0.4 is 10.2 Å². The van der Waals surface area contributed by atoms with Gasteiger partial charge in [-0.15, -0.1) is 0 Å². The van der Waals surface area contributed by atoms with E-state index in [9.17, 15) is 4.79 Å². The number of nitrogens with zero attached hydrogens (tertiary/aromatic N) is 3. The maximum absolute atomic E-state index is 12.0. The number of carbonyl (C=O) groups is 1. The Balaban J connectivity index is 1.46. The summed E-state index contributed by atoms with van der Waals surface area (Å²) in [6, 6.07) is 0.263. The van der Waals surface area contributed by atoms with Crippen molar-refractivity contribution in [3.8, 4) is 0 Å². The molecular formula is C12H18N4O2S. The molecule has 0 saturated carbocycles. The number of hydrogen-bond acceptors (Lipinski definition) is 6. The molecule has 3 rings (SSSR count). The van der Waals surface area contributed by atoms with E-state index in [1.165, 1.54) is 11.7 Å². The van der Waals surface area contributed by atoms with Crippen LogP contribution >= 0.6 is 11.7 Å². The SMILES string of the molecule is O=C(NC1CCN(c2cnsn2)CC1)C1CCCO1. The van der Waals surface area contributed by atoms with Gasteiger partial charge in [0.2, 0.25) is 5.91 Å². The number of carbonyl (C=O) groups excluding carboxylic acids is 1. The van der Waals surface area contributed by atoms with Crippen molar-refractivity contribution in [2.24, 2.45) is 0 Å². The van der Waals surface area contributed by atoms with Gasteiger partial charge in [-0.25, -0.2) is 0 Å². The third kappa shape index (κ3) is 3.03. The van der Waals surface area contributed by atoms with E-state index in [4.69, 9.17) is 4.74 Å². The van der Waals surface area contributed by atoms with Gasteiger partial charge in [0.15, 0.2) is 5.82 Å². The maximum Gasteiger partial charge on any atom is 0.249 e. The van der Waals surface area contributed by atoms with E-state index in [0.29, 0.717) is 6.61 Å². The molecule has 1 unspecified atom stereocenters. The van der Waals surface area contributed by atoms with Crippen molar-refractivity contribution in [2.45, 2.75) is 37.8 Å². The van der Waals surface area contributed by atoms with Gasteiger partial charge in [0.25, 0.3) is 0 Å². The summed E-state index contributed by atoms with van der Waals surface area (Å²) in [5.74, 6) is 1.01. The molecule has 2 aliphatic rings. The Bertz CT molecular complexity index is 411. The van der Waals surface area contributed by atoms with E-state index >= 15 is 0 Å². The third-order valence-corrected chi connectivity index (χ3v) is 4.21. The van der Waals surface area contributed by atoms with Crippen LogP contribution in [0.2, 0.25) is 0 Å². The van der Waals surface area contributed by atoms with Crippen molar-refractivity contribution in [1.29, 1.82) is 0 Å². The van der Waals surface area contributed by atoms with Crippen LogP contribution in [0.15, 0.2) is 6.20 Å². The molecule has 1 aromatic heterocycles. The fourth-order valence-electron chi connectivity index (χ4n) is 2.63. The lowest BCUT2D eigenvalue weighted by atomic mass is 10.0. The highest BCUT2D eigenvalue weighted by Gasteiger charge is 2.27. The molecule has 1 atom stereocenters. The average molecular weight is 282 g/mol. The normalized spacial score (nSPS) is 24.6. The Hall–Kier alpha value is -1.21. The molecule has 0 aliphatic carbocycles. The van der Waals surface area contributed by atoms with Crippen molar-refractivity contribution in [1.82, 2.24) is 14.1 Å². The molecule has 2 saturated heterocycles. The predicted octanol–water partition coefficient (Wildman–Crippen LogP) is 0.802. The van der Waals surface area contributed by atoms with E-state index in [1.54, 1.807) is 6.20 Å². The van der Waals surface area contributed by atoms with Gasteiger partial charge in [-0.3, -0.25) is 4.79 Å². The van der Waals surface area contributed by atoms with Crippen LogP contribution in [0.25, 0.3) is 0 Å². The Morgan fingerprint density at radius 2 is 2.26 bits per heavy atom. The summed E-state index contributed by atoms with van der Waals surface area (Å²) >= 11 is 1.23. The lowest BCUT2D eigenvalue weighted by Crippen LogP contribution is -2.47. The number of hydrogen-bond donors (Lipinski definition) is 1. The fourth-order valence-corrected chi connectivity index (χ4v) is 3.07. The zero-order valence-corrected chi connectivity index (χ0v) is 11.6. The van der Waals surface area contributed by atoms with Crippen LogP contribution in [-0.4, -0.2) is 46.5 Å². The predicted molar refractivity (Wildman–Crippen MR) is 72.3 cm³/mol. The second kappa shape index (κ2) is 5.83. The molecule has 0 spiro atoms. The van der Waals surface area contributed by atoms with Gasteiger partial charge in [-0.05, 0) is 25.7 Å². The van der Waals surface area contributed by atoms with Crippen molar-refractivity contribution >= 4 is 23.5 Å². The second-order valence-electron chi connectivity index (χ2n) is 5.04. The molecule has 0 bridgehead atoms. The Morgan fingerprint density at radius 3 is 2.89 bits per heavy atom. The molecule has 3 heterocycles. The van der Waals surface area contributed by atoms with Crippen molar-refractivity contribution < 1.29 is 9.53 Å². The number of piperidine rings is 1. The van der Waals surface area contributed by atoms with E-state index in [1.807, 2.05) is 0 Å². The summed E-state index contributed by atoms with van der Waals surface area (Å²) in [7, 11) is 0. The third-order valence-electron chi connectivity index (χ3n) is 3.74. The quantitative estimate of drug-likeness (QED) is 0.888. The van der Waals surface area contributed by atoms with E-state index < -0.39 is 0 Å². The van der Waals surface area contributed by atoms with Crippen LogP contribution in [0.3, 0.4) is 0 Å². The highest BCUT2D eigenvalue weighted by molar-refractivity contribution is 6.99. The first-order chi connectivity index (χ1) is 9.33.